The molecule has 0 aliphatic rings. The third-order valence-corrected chi connectivity index (χ3v) is 5.18. The Kier molecular flexibility index (Phi) is 4.93. The number of nitrogens with one attached hydrogen (secondary N) is 2. The van der Waals surface area contributed by atoms with Gasteiger partial charge in [-0.05, 0) is 30.4 Å². The summed E-state index contributed by atoms with van der Waals surface area (Å²) in [5.41, 5.74) is 0.496. The Bertz CT molecular complexity index is 986. The molecular weight excluding hydrogens is 382 g/mol. The molecule has 1 amide bonds. The highest BCUT2D eigenvalue weighted by atomic mass is 35.5. The maximum absolute atomic E-state index is 12.4. The van der Waals surface area contributed by atoms with Gasteiger partial charge in [-0.2, -0.15) is 0 Å². The second-order valence-electron chi connectivity index (χ2n) is 4.95. The first-order chi connectivity index (χ1) is 12.0. The van der Waals surface area contributed by atoms with Gasteiger partial charge >= 0.3 is 0 Å². The molecule has 1 aromatic heterocycles. The topological polar surface area (TPSA) is 84.3 Å². The van der Waals surface area contributed by atoms with Crippen LogP contribution in [0.1, 0.15) is 9.67 Å². The van der Waals surface area contributed by atoms with Crippen LogP contribution in [-0.2, 0) is 0 Å². The fourth-order valence-corrected chi connectivity index (χ4v) is 3.77. The standard InChI is InChI=1S/C16H10ClN3O3S2/c17-13-11-3-1-2-4-12(11)25-14(13)15(21)19-16(24)18-9-5-7-10(8-6-9)20(22)23/h1-8H,(H2,18,19,21,24). The molecular formula is C16H10ClN3O3S2. The predicted molar refractivity (Wildman–Crippen MR) is 104 cm³/mol. The van der Waals surface area contributed by atoms with E-state index in [1.165, 1.54) is 35.6 Å². The highest BCUT2D eigenvalue weighted by Gasteiger charge is 2.17. The number of thiophene rings is 1. The van der Waals surface area contributed by atoms with Crippen molar-refractivity contribution in [1.82, 2.24) is 5.32 Å². The van der Waals surface area contributed by atoms with Crippen molar-refractivity contribution in [3.05, 3.63) is 68.5 Å². The Morgan fingerprint density at radius 3 is 2.48 bits per heavy atom. The van der Waals surface area contributed by atoms with E-state index in [9.17, 15) is 14.9 Å². The number of nitro groups is 1. The van der Waals surface area contributed by atoms with Gasteiger partial charge in [0.15, 0.2) is 5.11 Å². The van der Waals surface area contributed by atoms with Gasteiger partial charge in [0.2, 0.25) is 0 Å². The van der Waals surface area contributed by atoms with E-state index in [2.05, 4.69) is 10.6 Å². The van der Waals surface area contributed by atoms with Gasteiger partial charge < -0.3 is 5.32 Å². The quantitative estimate of drug-likeness (QED) is 0.387. The summed E-state index contributed by atoms with van der Waals surface area (Å²) in [6, 6.07) is 13.1. The molecule has 0 spiro atoms. The maximum Gasteiger partial charge on any atom is 0.269 e. The number of nitrogens with zero attached hydrogens (tertiary/aromatic N) is 1. The third-order valence-electron chi connectivity index (χ3n) is 3.30. The van der Waals surface area contributed by atoms with Crippen LogP contribution >= 0.6 is 35.2 Å². The van der Waals surface area contributed by atoms with Crippen molar-refractivity contribution in [3.63, 3.8) is 0 Å². The van der Waals surface area contributed by atoms with E-state index in [4.69, 9.17) is 23.8 Å². The fourth-order valence-electron chi connectivity index (χ4n) is 2.15. The minimum absolute atomic E-state index is 0.0300. The molecule has 0 bridgehead atoms. The Balaban J connectivity index is 1.70. The summed E-state index contributed by atoms with van der Waals surface area (Å²) in [6.45, 7) is 0. The van der Waals surface area contributed by atoms with Gasteiger partial charge in [-0.15, -0.1) is 11.3 Å². The second-order valence-corrected chi connectivity index (χ2v) is 6.79. The number of carbonyl (C=O) groups is 1. The van der Waals surface area contributed by atoms with E-state index in [1.54, 1.807) is 0 Å². The van der Waals surface area contributed by atoms with Crippen LogP contribution < -0.4 is 10.6 Å². The van der Waals surface area contributed by atoms with Crippen molar-refractivity contribution < 1.29 is 9.72 Å². The van der Waals surface area contributed by atoms with Crippen LogP contribution in [0.25, 0.3) is 10.1 Å². The molecule has 25 heavy (non-hydrogen) atoms. The number of halogens is 1. The van der Waals surface area contributed by atoms with Gasteiger partial charge in [0.05, 0.1) is 9.95 Å². The van der Waals surface area contributed by atoms with Crippen LogP contribution in [0.15, 0.2) is 48.5 Å². The molecule has 0 saturated heterocycles. The average Bonchev–Trinajstić information content (AvgIpc) is 2.92. The average molecular weight is 392 g/mol. The molecule has 0 fully saturated rings. The maximum atomic E-state index is 12.4. The molecule has 0 atom stereocenters. The lowest BCUT2D eigenvalue weighted by molar-refractivity contribution is -0.384. The number of hydrogen-bond acceptors (Lipinski definition) is 5. The summed E-state index contributed by atoms with van der Waals surface area (Å²) < 4.78 is 0.909. The largest absolute Gasteiger partial charge is 0.332 e. The van der Waals surface area contributed by atoms with Gasteiger partial charge in [0, 0.05) is 27.9 Å². The van der Waals surface area contributed by atoms with Gasteiger partial charge in [-0.3, -0.25) is 20.2 Å². The number of rotatable bonds is 3. The molecule has 0 radical (unpaired) electrons. The smallest absolute Gasteiger partial charge is 0.269 e. The number of carbonyl (C=O) groups excluding carboxylic acids is 1. The van der Waals surface area contributed by atoms with Crippen LogP contribution in [0.5, 0.6) is 0 Å². The molecule has 2 N–H and O–H groups in total. The normalized spacial score (nSPS) is 10.4. The van der Waals surface area contributed by atoms with E-state index in [0.717, 1.165) is 10.1 Å². The second kappa shape index (κ2) is 7.14. The number of amides is 1. The Morgan fingerprint density at radius 1 is 1.16 bits per heavy atom. The summed E-state index contributed by atoms with van der Waals surface area (Å²) in [5, 5.41) is 17.3. The Morgan fingerprint density at radius 2 is 1.84 bits per heavy atom. The van der Waals surface area contributed by atoms with Crippen molar-refractivity contribution in [2.75, 3.05) is 5.32 Å². The fraction of sp³-hybridized carbons (Fsp3) is 0. The number of non-ortho nitro benzene ring substituents is 1. The molecule has 0 unspecified atom stereocenters. The molecule has 1 heterocycles. The highest BCUT2D eigenvalue weighted by Crippen LogP contribution is 2.34. The molecule has 3 aromatic rings. The van der Waals surface area contributed by atoms with E-state index in [1.807, 2.05) is 24.3 Å². The molecule has 0 aliphatic heterocycles. The molecule has 6 nitrogen and oxygen atoms in total. The molecule has 0 aliphatic carbocycles. The molecule has 0 saturated carbocycles. The first-order valence-corrected chi connectivity index (χ1v) is 8.60. The monoisotopic (exact) mass is 391 g/mol. The van der Waals surface area contributed by atoms with Gasteiger partial charge in [-0.25, -0.2) is 0 Å². The summed E-state index contributed by atoms with van der Waals surface area (Å²) in [5.74, 6) is -0.411. The lowest BCUT2D eigenvalue weighted by atomic mass is 10.2. The number of thiocarbonyl (C=S) groups is 1. The van der Waals surface area contributed by atoms with Gasteiger partial charge in [0.25, 0.3) is 11.6 Å². The lowest BCUT2D eigenvalue weighted by Crippen LogP contribution is -2.33. The number of hydrogen-bond donors (Lipinski definition) is 2. The molecule has 3 rings (SSSR count). The number of fused-ring (bicyclic) bond motifs is 1. The van der Waals surface area contributed by atoms with E-state index in [0.29, 0.717) is 15.6 Å². The van der Waals surface area contributed by atoms with Crippen molar-refractivity contribution in [3.8, 4) is 0 Å². The van der Waals surface area contributed by atoms with Gasteiger partial charge in [0.1, 0.15) is 4.88 Å². The molecule has 126 valence electrons. The zero-order valence-electron chi connectivity index (χ0n) is 12.5. The lowest BCUT2D eigenvalue weighted by Gasteiger charge is -2.08. The summed E-state index contributed by atoms with van der Waals surface area (Å²) >= 11 is 12.6. The van der Waals surface area contributed by atoms with Gasteiger partial charge in [-0.1, -0.05) is 29.8 Å². The first-order valence-electron chi connectivity index (χ1n) is 6.99. The zero-order chi connectivity index (χ0) is 18.0. The number of benzene rings is 2. The minimum Gasteiger partial charge on any atom is -0.332 e. The third kappa shape index (κ3) is 3.76. The summed E-state index contributed by atoms with van der Waals surface area (Å²) in [7, 11) is 0. The SMILES string of the molecule is O=C(NC(=S)Nc1ccc([N+](=O)[O-])cc1)c1sc2ccccc2c1Cl. The van der Waals surface area contributed by atoms with Crippen molar-refractivity contribution in [2.24, 2.45) is 0 Å². The van der Waals surface area contributed by atoms with Crippen LogP contribution in [0, 0.1) is 10.1 Å². The van der Waals surface area contributed by atoms with Crippen LogP contribution in [-0.4, -0.2) is 15.9 Å². The van der Waals surface area contributed by atoms with E-state index >= 15 is 0 Å². The van der Waals surface area contributed by atoms with Crippen molar-refractivity contribution >= 4 is 67.6 Å². The number of nitro benzene ring substituents is 1. The summed E-state index contributed by atoms with van der Waals surface area (Å²) in [6.07, 6.45) is 0. The van der Waals surface area contributed by atoms with E-state index in [-0.39, 0.29) is 10.8 Å². The van der Waals surface area contributed by atoms with Crippen LogP contribution in [0.2, 0.25) is 5.02 Å². The van der Waals surface area contributed by atoms with Crippen molar-refractivity contribution in [2.45, 2.75) is 0 Å². The van der Waals surface area contributed by atoms with E-state index < -0.39 is 10.8 Å². The van der Waals surface area contributed by atoms with Crippen LogP contribution in [0.4, 0.5) is 11.4 Å². The Hall–Kier alpha value is -2.55. The highest BCUT2D eigenvalue weighted by molar-refractivity contribution is 7.80. The number of anilines is 1. The Labute approximate surface area is 156 Å². The summed E-state index contributed by atoms with van der Waals surface area (Å²) in [4.78, 5) is 22.9. The zero-order valence-corrected chi connectivity index (χ0v) is 14.9. The molecule has 2 aromatic carbocycles. The first kappa shape index (κ1) is 17.3. The van der Waals surface area contributed by atoms with Crippen LogP contribution in [0.3, 0.4) is 0 Å². The van der Waals surface area contributed by atoms with Crippen molar-refractivity contribution in [1.29, 1.82) is 0 Å². The predicted octanol–water partition coefficient (Wildman–Crippen LogP) is 4.59. The molecule has 9 heteroatoms. The minimum atomic E-state index is -0.493.